The van der Waals surface area contributed by atoms with E-state index < -0.39 is 56.6 Å². The van der Waals surface area contributed by atoms with E-state index in [0.29, 0.717) is 30.1 Å². The number of aromatic nitrogens is 1. The van der Waals surface area contributed by atoms with E-state index in [4.69, 9.17) is 4.74 Å². The van der Waals surface area contributed by atoms with Gasteiger partial charge < -0.3 is 20.3 Å². The number of carbonyl (C=O) groups is 3. The Kier molecular flexibility index (Phi) is 9.11. The normalized spacial score (nSPS) is 28.4. The summed E-state index contributed by atoms with van der Waals surface area (Å²) in [5.41, 5.74) is 0.872. The van der Waals surface area contributed by atoms with Gasteiger partial charge in [-0.1, -0.05) is 48.5 Å². The first kappa shape index (κ1) is 33.5. The van der Waals surface area contributed by atoms with Crippen LogP contribution in [-0.4, -0.2) is 71.5 Å². The number of nitrogens with one attached hydrogen (secondary N) is 3. The Balaban J connectivity index is 1.18. The van der Waals surface area contributed by atoms with Gasteiger partial charge in [0.05, 0.1) is 22.0 Å². The average molecular weight is 710 g/mol. The fraction of sp³-hybridized carbons (Fsp3) is 0.486. The van der Waals surface area contributed by atoms with E-state index >= 15 is 0 Å². The highest BCUT2D eigenvalue weighted by Crippen LogP contribution is 2.46. The molecule has 14 heteroatoms. The molecule has 3 fully saturated rings. The van der Waals surface area contributed by atoms with Crippen LogP contribution < -0.4 is 20.1 Å². The third kappa shape index (κ3) is 7.30. The van der Waals surface area contributed by atoms with Gasteiger partial charge in [0, 0.05) is 18.0 Å². The van der Waals surface area contributed by atoms with Crippen molar-refractivity contribution in [3.05, 3.63) is 66.0 Å². The molecule has 260 valence electrons. The molecule has 3 heterocycles. The molecule has 3 amide bonds. The van der Waals surface area contributed by atoms with Crippen molar-refractivity contribution < 1.29 is 31.9 Å². The van der Waals surface area contributed by atoms with Crippen LogP contribution in [0.4, 0.5) is 10.1 Å². The smallest absolute Gasteiger partial charge is 0.274 e. The minimum Gasteiger partial charge on any atom is -0.465 e. The number of halogens is 1. The van der Waals surface area contributed by atoms with Gasteiger partial charge in [-0.15, -0.1) is 0 Å². The van der Waals surface area contributed by atoms with Crippen molar-refractivity contribution >= 4 is 55.0 Å². The first-order valence-corrected chi connectivity index (χ1v) is 19.3. The summed E-state index contributed by atoms with van der Waals surface area (Å²) in [4.78, 5) is 48.3. The van der Waals surface area contributed by atoms with Gasteiger partial charge in [-0.25, -0.2) is 17.8 Å². The fourth-order valence-corrected chi connectivity index (χ4v) is 9.17. The van der Waals surface area contributed by atoms with Crippen molar-refractivity contribution in [2.24, 2.45) is 5.92 Å². The molecule has 3 aromatic rings. The molecule has 2 aliphatic heterocycles. The van der Waals surface area contributed by atoms with Crippen molar-refractivity contribution in [3.63, 3.8) is 0 Å². The predicted molar refractivity (Wildman–Crippen MR) is 184 cm³/mol. The van der Waals surface area contributed by atoms with Gasteiger partial charge in [0.15, 0.2) is 0 Å². The molecule has 4 aliphatic rings. The Morgan fingerprint density at radius 3 is 2.76 bits per heavy atom. The van der Waals surface area contributed by atoms with Crippen molar-refractivity contribution in [2.45, 2.75) is 93.7 Å². The number of amides is 3. The summed E-state index contributed by atoms with van der Waals surface area (Å²) < 4.78 is 49.1. The number of hydrogen-bond acceptors (Lipinski definition) is 9. The molecular weight excluding hydrogens is 670 g/mol. The average Bonchev–Trinajstić information content (AvgIpc) is 3.95. The second-order valence-corrected chi connectivity index (χ2v) is 16.6. The molecule has 49 heavy (non-hydrogen) atoms. The van der Waals surface area contributed by atoms with E-state index in [9.17, 15) is 27.2 Å². The van der Waals surface area contributed by atoms with Crippen LogP contribution >= 0.6 is 11.3 Å². The summed E-state index contributed by atoms with van der Waals surface area (Å²) in [6, 6.07) is 10.1. The maximum absolute atomic E-state index is 14.4. The highest BCUT2D eigenvalue weighted by molar-refractivity contribution is 7.91. The highest BCUT2D eigenvalue weighted by Gasteiger charge is 2.62. The Hall–Kier alpha value is -4.04. The monoisotopic (exact) mass is 709 g/mol. The molecule has 11 nitrogen and oxygen atoms in total. The van der Waals surface area contributed by atoms with Gasteiger partial charge in [0.2, 0.25) is 21.8 Å². The van der Waals surface area contributed by atoms with Crippen molar-refractivity contribution in [3.8, 4) is 5.19 Å². The summed E-state index contributed by atoms with van der Waals surface area (Å²) in [7, 11) is -3.85. The summed E-state index contributed by atoms with van der Waals surface area (Å²) in [6.07, 6.45) is 8.23. The Bertz CT molecular complexity index is 1910. The quantitative estimate of drug-likeness (QED) is 0.303. The van der Waals surface area contributed by atoms with Gasteiger partial charge in [0.25, 0.3) is 11.1 Å². The van der Waals surface area contributed by atoms with E-state index in [1.165, 1.54) is 28.4 Å². The van der Waals surface area contributed by atoms with Crippen LogP contribution in [0, 0.1) is 18.7 Å². The van der Waals surface area contributed by atoms with Gasteiger partial charge in [0.1, 0.15) is 29.5 Å². The minimum atomic E-state index is -3.85. The molecule has 2 aliphatic carbocycles. The third-order valence-corrected chi connectivity index (χ3v) is 12.5. The summed E-state index contributed by atoms with van der Waals surface area (Å²) in [6.45, 7) is 2.08. The number of aryl methyl sites for hydroxylation is 1. The lowest BCUT2D eigenvalue weighted by molar-refractivity contribution is -0.140. The summed E-state index contributed by atoms with van der Waals surface area (Å²) >= 11 is 1.38. The predicted octanol–water partition coefficient (Wildman–Crippen LogP) is 4.58. The maximum Gasteiger partial charge on any atom is 0.274 e. The van der Waals surface area contributed by atoms with E-state index in [0.717, 1.165) is 41.5 Å². The van der Waals surface area contributed by atoms with Crippen LogP contribution in [0.1, 0.15) is 63.4 Å². The molecule has 0 bridgehead atoms. The van der Waals surface area contributed by atoms with Crippen LogP contribution in [0.15, 0.2) is 54.6 Å². The van der Waals surface area contributed by atoms with E-state index in [2.05, 4.69) is 20.3 Å². The summed E-state index contributed by atoms with van der Waals surface area (Å²) in [5, 5.41) is 5.92. The number of anilines is 1. The standard InChI is InChI=1S/C35H40FN5O6S2/c1-21-12-15-27-30(16-21)48-34(38-27)47-25-18-29-31(42)39-35(33(44)40-49(45,46)26-13-14-26)19-22(35)8-5-3-2-4-6-11-28(32(43)41(29)20-25)37-24-10-7-9-23(36)17-24/h5,7-10,12,15-17,22,25-26,28-29,37H,2-4,6,11,13-14,18-20H2,1H3,(H,39,42)(H,40,44)/b8-5-/t22-,25-,28+,29+,35-/m1/s1. The zero-order chi connectivity index (χ0) is 34.3. The number of thiazole rings is 1. The van der Waals surface area contributed by atoms with Gasteiger partial charge >= 0.3 is 0 Å². The Morgan fingerprint density at radius 2 is 1.96 bits per heavy atom. The molecule has 0 unspecified atom stereocenters. The number of allylic oxidation sites excluding steroid dienone is 1. The van der Waals surface area contributed by atoms with Crippen LogP contribution in [0.25, 0.3) is 10.2 Å². The lowest BCUT2D eigenvalue weighted by atomic mass is 10.0. The SMILES string of the molecule is Cc1ccc2nc(O[C@@H]3C[C@H]4C(=O)N[C@]5(C(=O)NS(=O)(=O)C6CC6)C[C@H]5/C=C\CCCCC[C@H](Nc5cccc(F)c5)C(=O)N4C3)sc2c1. The highest BCUT2D eigenvalue weighted by atomic mass is 32.2. The van der Waals surface area contributed by atoms with Crippen LogP contribution in [0.5, 0.6) is 5.19 Å². The van der Waals surface area contributed by atoms with Crippen LogP contribution in [-0.2, 0) is 24.4 Å². The number of rotatable bonds is 7. The molecule has 0 spiro atoms. The van der Waals surface area contributed by atoms with Crippen molar-refractivity contribution in [2.75, 3.05) is 11.9 Å². The molecule has 7 rings (SSSR count). The molecular formula is C35H40FN5O6S2. The van der Waals surface area contributed by atoms with Gasteiger partial charge in [-0.3, -0.25) is 19.1 Å². The molecule has 3 N–H and O–H groups in total. The molecule has 0 radical (unpaired) electrons. The number of sulfonamides is 1. The number of hydrogen-bond donors (Lipinski definition) is 3. The third-order valence-electron chi connectivity index (χ3n) is 9.80. The molecule has 2 aromatic carbocycles. The number of fused-ring (bicyclic) bond motifs is 3. The first-order valence-electron chi connectivity index (χ1n) is 16.9. The van der Waals surface area contributed by atoms with Crippen molar-refractivity contribution in [1.82, 2.24) is 19.9 Å². The second-order valence-electron chi connectivity index (χ2n) is 13.7. The Labute approximate surface area is 288 Å². The lowest BCUT2D eigenvalue weighted by Crippen LogP contribution is -2.57. The number of carbonyl (C=O) groups excluding carboxylic acids is 3. The summed E-state index contributed by atoms with van der Waals surface area (Å²) in [5.74, 6) is -2.49. The topological polar surface area (TPSA) is 147 Å². The zero-order valence-corrected chi connectivity index (χ0v) is 28.8. The molecule has 1 saturated heterocycles. The first-order chi connectivity index (χ1) is 23.5. The van der Waals surface area contributed by atoms with Crippen LogP contribution in [0.2, 0.25) is 0 Å². The minimum absolute atomic E-state index is 0.0891. The number of benzene rings is 2. The number of nitrogens with zero attached hydrogens (tertiary/aromatic N) is 2. The maximum atomic E-state index is 14.4. The van der Waals surface area contributed by atoms with Gasteiger partial charge in [-0.05, 0) is 81.3 Å². The molecule has 2 saturated carbocycles. The largest absolute Gasteiger partial charge is 0.465 e. The van der Waals surface area contributed by atoms with Gasteiger partial charge in [-0.2, -0.15) is 0 Å². The molecule has 1 aromatic heterocycles. The lowest BCUT2D eigenvalue weighted by Gasteiger charge is -2.30. The van der Waals surface area contributed by atoms with Crippen LogP contribution in [0.3, 0.4) is 0 Å². The molecule has 5 atom stereocenters. The zero-order valence-electron chi connectivity index (χ0n) is 27.2. The number of ether oxygens (including phenoxy) is 1. The van der Waals surface area contributed by atoms with Crippen molar-refractivity contribution in [1.29, 1.82) is 0 Å². The second kappa shape index (κ2) is 13.3. The van der Waals surface area contributed by atoms with E-state index in [-0.39, 0.29) is 31.2 Å². The van der Waals surface area contributed by atoms with E-state index in [1.54, 1.807) is 12.1 Å². The van der Waals surface area contributed by atoms with E-state index in [1.807, 2.05) is 37.3 Å². The Morgan fingerprint density at radius 1 is 1.12 bits per heavy atom. The fourth-order valence-electron chi connectivity index (χ4n) is 6.83.